The normalized spacial score (nSPS) is 12.7. The molecule has 2 aromatic carbocycles. The number of nitro benzene ring substituents is 1. The van der Waals surface area contributed by atoms with Gasteiger partial charge in [-0.15, -0.1) is 0 Å². The van der Waals surface area contributed by atoms with Crippen LogP contribution in [0.2, 0.25) is 10.0 Å². The lowest BCUT2D eigenvalue weighted by Crippen LogP contribution is -2.47. The summed E-state index contributed by atoms with van der Waals surface area (Å²) in [6.45, 7) is 1.80. The van der Waals surface area contributed by atoms with Crippen LogP contribution in [0.15, 0.2) is 42.5 Å². The highest BCUT2D eigenvalue weighted by atomic mass is 35.5. The van der Waals surface area contributed by atoms with Crippen molar-refractivity contribution in [3.8, 4) is 0 Å². The number of nitrogens with zero attached hydrogens (tertiary/aromatic N) is 1. The molecule has 7 nitrogen and oxygen atoms in total. The second-order valence-corrected chi connectivity index (χ2v) is 8.32. The van der Waals surface area contributed by atoms with Crippen molar-refractivity contribution in [3.05, 3.63) is 73.8 Å². The van der Waals surface area contributed by atoms with E-state index in [0.29, 0.717) is 22.2 Å². The minimum absolute atomic E-state index is 0.115. The predicted molar refractivity (Wildman–Crippen MR) is 120 cm³/mol. The molecular weight excluding hydrogens is 449 g/mol. The fourth-order valence-electron chi connectivity index (χ4n) is 2.69. The van der Waals surface area contributed by atoms with Crippen LogP contribution in [0.5, 0.6) is 0 Å². The third kappa shape index (κ3) is 6.62. The summed E-state index contributed by atoms with van der Waals surface area (Å²) in [6.07, 6.45) is 2.30. The fourth-order valence-corrected chi connectivity index (χ4v) is 3.46. The molecule has 30 heavy (non-hydrogen) atoms. The highest BCUT2D eigenvalue weighted by Gasteiger charge is 2.23. The maximum absolute atomic E-state index is 12.8. The average molecular weight is 470 g/mol. The maximum Gasteiger partial charge on any atom is 0.270 e. The summed E-state index contributed by atoms with van der Waals surface area (Å²) >= 11 is 13.5. The van der Waals surface area contributed by atoms with E-state index < -0.39 is 16.9 Å². The van der Waals surface area contributed by atoms with Gasteiger partial charge in [-0.2, -0.15) is 11.8 Å². The molecule has 2 amide bonds. The highest BCUT2D eigenvalue weighted by Crippen LogP contribution is 2.25. The first kappa shape index (κ1) is 24.0. The third-order valence-corrected chi connectivity index (χ3v) is 5.74. The molecule has 0 fully saturated rings. The molecule has 2 aromatic rings. The van der Waals surface area contributed by atoms with E-state index in [1.165, 1.54) is 24.3 Å². The maximum atomic E-state index is 12.8. The van der Waals surface area contributed by atoms with Crippen LogP contribution in [-0.4, -0.2) is 34.8 Å². The minimum atomic E-state index is -0.797. The van der Waals surface area contributed by atoms with Gasteiger partial charge >= 0.3 is 0 Å². The number of carbonyl (C=O) groups is 2. The van der Waals surface area contributed by atoms with E-state index in [0.717, 1.165) is 5.56 Å². The van der Waals surface area contributed by atoms with Crippen molar-refractivity contribution in [3.63, 3.8) is 0 Å². The smallest absolute Gasteiger partial charge is 0.270 e. The summed E-state index contributed by atoms with van der Waals surface area (Å²) in [6, 6.07) is 9.29. The molecule has 0 aliphatic carbocycles. The summed E-state index contributed by atoms with van der Waals surface area (Å²) in [5, 5.41) is 17.3. The molecule has 2 N–H and O–H groups in total. The number of rotatable bonds is 9. The number of nitrogens with one attached hydrogen (secondary N) is 2. The number of amides is 2. The number of halogens is 2. The van der Waals surface area contributed by atoms with Crippen LogP contribution in [-0.2, 0) is 4.79 Å². The molecule has 0 aliphatic rings. The number of nitro groups is 1. The van der Waals surface area contributed by atoms with E-state index in [4.69, 9.17) is 23.2 Å². The first-order chi connectivity index (χ1) is 14.2. The summed E-state index contributed by atoms with van der Waals surface area (Å²) in [7, 11) is 0. The number of benzene rings is 2. The predicted octanol–water partition coefficient (Wildman–Crippen LogP) is 4.63. The lowest BCUT2D eigenvalue weighted by Gasteiger charge is -2.22. The minimum Gasteiger partial charge on any atom is -0.348 e. The summed E-state index contributed by atoms with van der Waals surface area (Å²) < 4.78 is 0. The van der Waals surface area contributed by atoms with Gasteiger partial charge in [-0.05, 0) is 49.1 Å². The Bertz CT molecular complexity index is 942. The van der Waals surface area contributed by atoms with Crippen LogP contribution in [0, 0.1) is 10.1 Å². The van der Waals surface area contributed by atoms with Gasteiger partial charge in [0.15, 0.2) is 0 Å². The van der Waals surface area contributed by atoms with E-state index in [1.54, 1.807) is 36.9 Å². The first-order valence-electron chi connectivity index (χ1n) is 9.02. The summed E-state index contributed by atoms with van der Waals surface area (Å²) in [5.41, 5.74) is 0.691. The van der Waals surface area contributed by atoms with Crippen molar-refractivity contribution >= 4 is 52.5 Å². The first-order valence-corrected chi connectivity index (χ1v) is 11.2. The summed E-state index contributed by atoms with van der Waals surface area (Å²) in [5.74, 6) is -0.266. The number of non-ortho nitro benzene ring substituents is 1. The van der Waals surface area contributed by atoms with Gasteiger partial charge in [-0.25, -0.2) is 0 Å². The van der Waals surface area contributed by atoms with E-state index in [-0.39, 0.29) is 23.2 Å². The van der Waals surface area contributed by atoms with Gasteiger partial charge in [0, 0.05) is 17.7 Å². The Morgan fingerprint density at radius 3 is 2.50 bits per heavy atom. The number of hydrogen-bond donors (Lipinski definition) is 2. The third-order valence-electron chi connectivity index (χ3n) is 4.35. The van der Waals surface area contributed by atoms with Crippen molar-refractivity contribution < 1.29 is 14.5 Å². The van der Waals surface area contributed by atoms with Crippen molar-refractivity contribution in [2.24, 2.45) is 0 Å². The zero-order valence-electron chi connectivity index (χ0n) is 16.4. The van der Waals surface area contributed by atoms with Gasteiger partial charge in [-0.3, -0.25) is 19.7 Å². The van der Waals surface area contributed by atoms with Crippen LogP contribution < -0.4 is 10.6 Å². The van der Waals surface area contributed by atoms with Crippen molar-refractivity contribution in [2.45, 2.75) is 25.4 Å². The largest absolute Gasteiger partial charge is 0.348 e. The molecule has 2 unspecified atom stereocenters. The second kappa shape index (κ2) is 11.2. The van der Waals surface area contributed by atoms with Crippen LogP contribution in [0.1, 0.15) is 35.3 Å². The molecule has 10 heteroatoms. The molecule has 0 aliphatic heterocycles. The van der Waals surface area contributed by atoms with Crippen LogP contribution in [0.3, 0.4) is 0 Å². The molecular formula is C20H21Cl2N3O4S. The van der Waals surface area contributed by atoms with E-state index in [2.05, 4.69) is 10.6 Å². The molecule has 2 atom stereocenters. The molecule has 0 aromatic heterocycles. The van der Waals surface area contributed by atoms with Gasteiger partial charge in [0.1, 0.15) is 6.04 Å². The van der Waals surface area contributed by atoms with Crippen LogP contribution in [0.25, 0.3) is 0 Å². The van der Waals surface area contributed by atoms with Gasteiger partial charge in [0.25, 0.3) is 11.6 Å². The number of hydrogen-bond acceptors (Lipinski definition) is 5. The van der Waals surface area contributed by atoms with E-state index in [1.807, 2.05) is 6.26 Å². The SMILES string of the molecule is CSCCC(NC(=O)c1cccc([N+](=O)[O-])c1)C(=O)NC(C)c1ccc(Cl)c(Cl)c1. The second-order valence-electron chi connectivity index (χ2n) is 6.52. The topological polar surface area (TPSA) is 101 Å². The average Bonchev–Trinajstić information content (AvgIpc) is 2.72. The Balaban J connectivity index is 2.12. The number of carbonyl (C=O) groups excluding carboxylic acids is 2. The molecule has 0 heterocycles. The molecule has 2 rings (SSSR count). The lowest BCUT2D eigenvalue weighted by atomic mass is 10.1. The molecule has 0 saturated carbocycles. The Morgan fingerprint density at radius 1 is 1.13 bits per heavy atom. The van der Waals surface area contributed by atoms with Gasteiger partial charge in [-0.1, -0.05) is 35.3 Å². The quantitative estimate of drug-likeness (QED) is 0.411. The molecule has 0 spiro atoms. The van der Waals surface area contributed by atoms with Gasteiger partial charge in [0.05, 0.1) is 21.0 Å². The molecule has 0 radical (unpaired) electrons. The van der Waals surface area contributed by atoms with Crippen LogP contribution >= 0.6 is 35.0 Å². The van der Waals surface area contributed by atoms with Crippen molar-refractivity contribution in [1.29, 1.82) is 0 Å². The van der Waals surface area contributed by atoms with Crippen molar-refractivity contribution in [2.75, 3.05) is 12.0 Å². The van der Waals surface area contributed by atoms with E-state index >= 15 is 0 Å². The lowest BCUT2D eigenvalue weighted by molar-refractivity contribution is -0.384. The van der Waals surface area contributed by atoms with Gasteiger partial charge in [0.2, 0.25) is 5.91 Å². The van der Waals surface area contributed by atoms with Crippen LogP contribution in [0.4, 0.5) is 5.69 Å². The molecule has 160 valence electrons. The summed E-state index contributed by atoms with van der Waals surface area (Å²) in [4.78, 5) is 35.8. The Morgan fingerprint density at radius 2 is 1.87 bits per heavy atom. The molecule has 0 saturated heterocycles. The zero-order chi connectivity index (χ0) is 22.3. The van der Waals surface area contributed by atoms with Crippen molar-refractivity contribution in [1.82, 2.24) is 10.6 Å². The highest BCUT2D eigenvalue weighted by molar-refractivity contribution is 7.98. The molecule has 0 bridgehead atoms. The standard InChI is InChI=1S/C20H21Cl2N3O4S/c1-12(13-6-7-16(21)17(22)11-13)23-20(27)18(8-9-30-2)24-19(26)14-4-3-5-15(10-14)25(28)29/h3-7,10-12,18H,8-9H2,1-2H3,(H,23,27)(H,24,26). The Labute approximate surface area is 188 Å². The Hall–Kier alpha value is -2.29. The number of thioether (sulfide) groups is 1. The Kier molecular flexibility index (Phi) is 8.95. The zero-order valence-corrected chi connectivity index (χ0v) is 18.7. The van der Waals surface area contributed by atoms with Gasteiger partial charge < -0.3 is 10.6 Å². The fraction of sp³-hybridized carbons (Fsp3) is 0.300. The van der Waals surface area contributed by atoms with E-state index in [9.17, 15) is 19.7 Å². The monoisotopic (exact) mass is 469 g/mol.